The lowest BCUT2D eigenvalue weighted by atomic mass is 10.0. The average Bonchev–Trinajstić information content (AvgIpc) is 3.13. The number of rotatable bonds is 8. The highest BCUT2D eigenvalue weighted by molar-refractivity contribution is 14.0. The molecule has 142 valence electrons. The van der Waals surface area contributed by atoms with Gasteiger partial charge in [-0.1, -0.05) is 38.5 Å². The summed E-state index contributed by atoms with van der Waals surface area (Å²) in [7, 11) is -2.80. The predicted octanol–water partition coefficient (Wildman–Crippen LogP) is 2.95. The van der Waals surface area contributed by atoms with E-state index in [-0.39, 0.29) is 29.9 Å². The molecule has 1 heterocycles. The standard InChI is InChI=1S/C17H33N3O2S.HI/c1-2-18-17(20-13-16-10-12-23(21,22)14-16)19-11-6-5-9-15-7-3-4-8-15;/h15-16H,2-14H2,1H3,(H2,18,19,20);1H. The summed E-state index contributed by atoms with van der Waals surface area (Å²) in [5.74, 6) is 2.63. The first-order valence-electron chi connectivity index (χ1n) is 9.31. The van der Waals surface area contributed by atoms with Crippen LogP contribution in [0.4, 0.5) is 0 Å². The van der Waals surface area contributed by atoms with Crippen LogP contribution in [-0.4, -0.2) is 45.5 Å². The van der Waals surface area contributed by atoms with Gasteiger partial charge >= 0.3 is 0 Å². The van der Waals surface area contributed by atoms with Crippen LogP contribution in [0.2, 0.25) is 0 Å². The number of nitrogens with zero attached hydrogens (tertiary/aromatic N) is 1. The molecule has 0 aromatic rings. The molecule has 0 aromatic carbocycles. The lowest BCUT2D eigenvalue weighted by Crippen LogP contribution is -2.38. The Morgan fingerprint density at radius 2 is 1.83 bits per heavy atom. The van der Waals surface area contributed by atoms with Crippen LogP contribution in [-0.2, 0) is 9.84 Å². The molecule has 2 fully saturated rings. The van der Waals surface area contributed by atoms with E-state index in [1.165, 1.54) is 44.9 Å². The smallest absolute Gasteiger partial charge is 0.191 e. The molecule has 2 aliphatic rings. The Kier molecular flexibility index (Phi) is 10.6. The summed E-state index contributed by atoms with van der Waals surface area (Å²) in [5.41, 5.74) is 0. The van der Waals surface area contributed by atoms with Gasteiger partial charge in [0.15, 0.2) is 15.8 Å². The van der Waals surface area contributed by atoms with E-state index in [4.69, 9.17) is 0 Å². The summed E-state index contributed by atoms with van der Waals surface area (Å²) < 4.78 is 23.0. The SMILES string of the molecule is CCNC(=NCC1CCS(=O)(=O)C1)NCCCCC1CCCC1.I. The number of hydrogen-bond donors (Lipinski definition) is 2. The monoisotopic (exact) mass is 471 g/mol. The Morgan fingerprint density at radius 1 is 1.08 bits per heavy atom. The van der Waals surface area contributed by atoms with Gasteiger partial charge in [0.1, 0.15) is 0 Å². The van der Waals surface area contributed by atoms with Crippen molar-refractivity contribution >= 4 is 39.8 Å². The van der Waals surface area contributed by atoms with E-state index in [2.05, 4.69) is 22.5 Å². The molecule has 24 heavy (non-hydrogen) atoms. The van der Waals surface area contributed by atoms with Crippen molar-refractivity contribution in [3.8, 4) is 0 Å². The second-order valence-corrected chi connectivity index (χ2v) is 9.29. The van der Waals surface area contributed by atoms with Gasteiger partial charge in [-0.15, -0.1) is 24.0 Å². The quantitative estimate of drug-likeness (QED) is 0.247. The average molecular weight is 471 g/mol. The van der Waals surface area contributed by atoms with Gasteiger partial charge in [-0.3, -0.25) is 4.99 Å². The van der Waals surface area contributed by atoms with E-state index in [0.29, 0.717) is 18.1 Å². The molecule has 0 radical (unpaired) electrons. The summed E-state index contributed by atoms with van der Waals surface area (Å²) in [6, 6.07) is 0. The van der Waals surface area contributed by atoms with Gasteiger partial charge in [0.25, 0.3) is 0 Å². The van der Waals surface area contributed by atoms with E-state index in [9.17, 15) is 8.42 Å². The zero-order chi connectivity index (χ0) is 16.5. The van der Waals surface area contributed by atoms with Crippen LogP contribution in [0, 0.1) is 11.8 Å². The van der Waals surface area contributed by atoms with E-state index in [1.54, 1.807) is 0 Å². The Hall–Kier alpha value is -0.0500. The van der Waals surface area contributed by atoms with Gasteiger partial charge in [0, 0.05) is 19.6 Å². The van der Waals surface area contributed by atoms with E-state index in [1.807, 2.05) is 0 Å². The lowest BCUT2D eigenvalue weighted by Gasteiger charge is -2.13. The van der Waals surface area contributed by atoms with Crippen LogP contribution >= 0.6 is 24.0 Å². The number of aliphatic imine (C=N–C) groups is 1. The maximum Gasteiger partial charge on any atom is 0.191 e. The first-order valence-corrected chi connectivity index (χ1v) is 11.1. The third kappa shape index (κ3) is 8.36. The topological polar surface area (TPSA) is 70.6 Å². The molecule has 1 saturated heterocycles. The molecule has 0 aromatic heterocycles. The molecule has 0 amide bonds. The van der Waals surface area contributed by atoms with Gasteiger partial charge < -0.3 is 10.6 Å². The van der Waals surface area contributed by atoms with Crippen molar-refractivity contribution in [3.05, 3.63) is 0 Å². The van der Waals surface area contributed by atoms with Crippen LogP contribution < -0.4 is 10.6 Å². The molecule has 1 unspecified atom stereocenters. The number of hydrogen-bond acceptors (Lipinski definition) is 3. The second-order valence-electron chi connectivity index (χ2n) is 7.06. The first-order chi connectivity index (χ1) is 11.1. The van der Waals surface area contributed by atoms with Crippen LogP contribution in [0.1, 0.15) is 58.3 Å². The molecular weight excluding hydrogens is 437 g/mol. The Labute approximate surface area is 164 Å². The highest BCUT2D eigenvalue weighted by atomic mass is 127. The fourth-order valence-electron chi connectivity index (χ4n) is 3.64. The van der Waals surface area contributed by atoms with Crippen molar-refractivity contribution in [1.29, 1.82) is 0 Å². The fraction of sp³-hybridized carbons (Fsp3) is 0.941. The minimum absolute atomic E-state index is 0. The maximum absolute atomic E-state index is 11.5. The summed E-state index contributed by atoms with van der Waals surface area (Å²) in [4.78, 5) is 4.57. The molecule has 1 saturated carbocycles. The Balaban J connectivity index is 0.00000288. The number of nitrogens with one attached hydrogen (secondary N) is 2. The van der Waals surface area contributed by atoms with Gasteiger partial charge in [0.05, 0.1) is 11.5 Å². The molecule has 1 aliphatic heterocycles. The largest absolute Gasteiger partial charge is 0.357 e. The van der Waals surface area contributed by atoms with Gasteiger partial charge in [0.2, 0.25) is 0 Å². The normalized spacial score (nSPS) is 23.9. The third-order valence-electron chi connectivity index (χ3n) is 4.98. The summed E-state index contributed by atoms with van der Waals surface area (Å²) >= 11 is 0. The maximum atomic E-state index is 11.5. The predicted molar refractivity (Wildman–Crippen MR) is 112 cm³/mol. The summed E-state index contributed by atoms with van der Waals surface area (Å²) in [6.45, 7) is 4.44. The number of sulfone groups is 1. The van der Waals surface area contributed by atoms with Gasteiger partial charge in [-0.25, -0.2) is 8.42 Å². The minimum Gasteiger partial charge on any atom is -0.357 e. The van der Waals surface area contributed by atoms with E-state index < -0.39 is 9.84 Å². The van der Waals surface area contributed by atoms with E-state index >= 15 is 0 Å². The highest BCUT2D eigenvalue weighted by Gasteiger charge is 2.27. The van der Waals surface area contributed by atoms with Crippen LogP contribution in [0.25, 0.3) is 0 Å². The molecule has 0 bridgehead atoms. The van der Waals surface area contributed by atoms with Crippen LogP contribution in [0.3, 0.4) is 0 Å². The zero-order valence-electron chi connectivity index (χ0n) is 14.9. The number of halogens is 1. The first kappa shape index (κ1) is 22.0. The van der Waals surface area contributed by atoms with Crippen molar-refractivity contribution in [3.63, 3.8) is 0 Å². The second kappa shape index (κ2) is 11.5. The third-order valence-corrected chi connectivity index (χ3v) is 6.82. The van der Waals surface area contributed by atoms with Crippen molar-refractivity contribution in [2.24, 2.45) is 16.8 Å². The Bertz CT molecular complexity index is 476. The van der Waals surface area contributed by atoms with Gasteiger partial charge in [-0.05, 0) is 31.6 Å². The zero-order valence-corrected chi connectivity index (χ0v) is 18.1. The molecule has 1 atom stereocenters. The molecular formula is C17H34IN3O2S. The molecule has 2 rings (SSSR count). The minimum atomic E-state index is -2.80. The lowest BCUT2D eigenvalue weighted by molar-refractivity contribution is 0.472. The van der Waals surface area contributed by atoms with Crippen LogP contribution in [0.5, 0.6) is 0 Å². The molecule has 0 spiro atoms. The number of unbranched alkanes of at least 4 members (excludes halogenated alkanes) is 1. The molecule has 7 heteroatoms. The van der Waals surface area contributed by atoms with Crippen molar-refractivity contribution in [1.82, 2.24) is 10.6 Å². The highest BCUT2D eigenvalue weighted by Crippen LogP contribution is 2.28. The van der Waals surface area contributed by atoms with Crippen molar-refractivity contribution < 1.29 is 8.42 Å². The molecule has 2 N–H and O–H groups in total. The van der Waals surface area contributed by atoms with E-state index in [0.717, 1.165) is 31.4 Å². The van der Waals surface area contributed by atoms with Crippen molar-refractivity contribution in [2.45, 2.75) is 58.3 Å². The summed E-state index contributed by atoms with van der Waals surface area (Å²) in [5, 5.41) is 6.63. The molecule has 5 nitrogen and oxygen atoms in total. The Morgan fingerprint density at radius 3 is 2.46 bits per heavy atom. The summed E-state index contributed by atoms with van der Waals surface area (Å²) in [6.07, 6.45) is 10.3. The van der Waals surface area contributed by atoms with Crippen molar-refractivity contribution in [2.75, 3.05) is 31.1 Å². The van der Waals surface area contributed by atoms with Crippen LogP contribution in [0.15, 0.2) is 4.99 Å². The molecule has 1 aliphatic carbocycles. The number of guanidine groups is 1. The fourth-order valence-corrected chi connectivity index (χ4v) is 5.49. The van der Waals surface area contributed by atoms with Gasteiger partial charge in [-0.2, -0.15) is 0 Å².